The second-order valence-electron chi connectivity index (χ2n) is 3.96. The predicted molar refractivity (Wildman–Crippen MR) is 60.7 cm³/mol. The van der Waals surface area contributed by atoms with Gasteiger partial charge in [0.15, 0.2) is 0 Å². The van der Waals surface area contributed by atoms with Crippen molar-refractivity contribution in [2.75, 3.05) is 0 Å². The van der Waals surface area contributed by atoms with Crippen molar-refractivity contribution in [3.05, 3.63) is 35.4 Å². The first-order valence-corrected chi connectivity index (χ1v) is 5.91. The molecule has 5 nitrogen and oxygen atoms in total. The van der Waals surface area contributed by atoms with E-state index in [4.69, 9.17) is 23.3 Å². The van der Waals surface area contributed by atoms with E-state index in [-0.39, 0.29) is 24.4 Å². The van der Waals surface area contributed by atoms with E-state index in [1.54, 1.807) is 0 Å². The van der Waals surface area contributed by atoms with Crippen LogP contribution in [0.1, 0.15) is 25.0 Å². The molecule has 0 fully saturated rings. The van der Waals surface area contributed by atoms with Gasteiger partial charge in [0, 0.05) is 5.54 Å². The van der Waals surface area contributed by atoms with E-state index in [0.29, 0.717) is 0 Å². The molecular formula is C10H16LiNO4S. The maximum Gasteiger partial charge on any atom is 1.00 e. The first-order chi connectivity index (χ1) is 7.02. The van der Waals surface area contributed by atoms with Crippen molar-refractivity contribution in [1.82, 2.24) is 0 Å². The van der Waals surface area contributed by atoms with Gasteiger partial charge in [-0.05, 0) is 31.9 Å². The average Bonchev–Trinajstić information content (AvgIpc) is 1.99. The minimum Gasteiger partial charge on any atom is -0.726 e. The zero-order valence-corrected chi connectivity index (χ0v) is 11.3. The van der Waals surface area contributed by atoms with Gasteiger partial charge in [-0.1, -0.05) is 24.3 Å². The van der Waals surface area contributed by atoms with Gasteiger partial charge >= 0.3 is 18.9 Å². The fourth-order valence-electron chi connectivity index (χ4n) is 1.30. The Kier molecular flexibility index (Phi) is 8.01. The van der Waals surface area contributed by atoms with Crippen LogP contribution in [0.4, 0.5) is 0 Å². The maximum atomic E-state index is 8.63. The van der Waals surface area contributed by atoms with Gasteiger partial charge in [-0.25, -0.2) is 8.42 Å². The fraction of sp³-hybridized carbons (Fsp3) is 0.400. The van der Waals surface area contributed by atoms with Crippen LogP contribution in [0.15, 0.2) is 24.3 Å². The molecule has 92 valence electrons. The van der Waals surface area contributed by atoms with Crippen molar-refractivity contribution in [2.24, 2.45) is 5.73 Å². The first-order valence-electron chi connectivity index (χ1n) is 4.55. The summed E-state index contributed by atoms with van der Waals surface area (Å²) in [4.78, 5) is 0. The third kappa shape index (κ3) is 10.5. The van der Waals surface area contributed by atoms with Crippen LogP contribution in [0.3, 0.4) is 0 Å². The Morgan fingerprint density at radius 1 is 1.29 bits per heavy atom. The fourth-order valence-corrected chi connectivity index (χ4v) is 1.30. The van der Waals surface area contributed by atoms with Gasteiger partial charge in [0.05, 0.1) is 0 Å². The van der Waals surface area contributed by atoms with Crippen LogP contribution in [0.5, 0.6) is 0 Å². The molecule has 0 heterocycles. The average molecular weight is 253 g/mol. The second kappa shape index (κ2) is 7.16. The monoisotopic (exact) mass is 253 g/mol. The molecular weight excluding hydrogens is 237 g/mol. The van der Waals surface area contributed by atoms with E-state index in [0.717, 1.165) is 0 Å². The zero-order chi connectivity index (χ0) is 13.0. The molecule has 0 saturated heterocycles. The van der Waals surface area contributed by atoms with Gasteiger partial charge in [-0.3, -0.25) is 4.55 Å². The molecule has 7 heteroatoms. The minimum absolute atomic E-state index is 0. The minimum atomic E-state index is -4.92. The van der Waals surface area contributed by atoms with Crippen LogP contribution >= 0.6 is 0 Å². The van der Waals surface area contributed by atoms with Crippen LogP contribution in [-0.4, -0.2) is 17.5 Å². The van der Waals surface area contributed by atoms with Crippen LogP contribution < -0.4 is 24.6 Å². The van der Waals surface area contributed by atoms with Gasteiger partial charge < -0.3 is 10.3 Å². The van der Waals surface area contributed by atoms with E-state index in [1.807, 2.05) is 26.0 Å². The van der Waals surface area contributed by atoms with Crippen LogP contribution in [-0.2, 0) is 15.9 Å². The van der Waals surface area contributed by atoms with E-state index in [1.165, 1.54) is 11.1 Å². The van der Waals surface area contributed by atoms with Gasteiger partial charge in [0.25, 0.3) is 0 Å². The number of benzene rings is 1. The summed E-state index contributed by atoms with van der Waals surface area (Å²) in [6, 6.07) is 8.22. The molecule has 0 aliphatic rings. The standard InChI is InChI=1S/C10H15N.Li.H2O4S/c1-8-6-4-5-7-9(8)10(2,3)11;;1-5(2,3)4/h4-7H,11H2,1-3H3;;(H2,1,2,3,4)/q;+1;/p-1. The van der Waals surface area contributed by atoms with Crippen LogP contribution in [0.2, 0.25) is 0 Å². The molecule has 1 aromatic carbocycles. The largest absolute Gasteiger partial charge is 1.00 e. The molecule has 1 aromatic rings. The van der Waals surface area contributed by atoms with Crippen molar-refractivity contribution in [3.63, 3.8) is 0 Å². The second-order valence-corrected chi connectivity index (χ2v) is 4.82. The summed E-state index contributed by atoms with van der Waals surface area (Å²) in [6.45, 7) is 6.13. The SMILES string of the molecule is Cc1ccccc1C(C)(C)N.O=S(=O)([O-])O.[Li+]. The smallest absolute Gasteiger partial charge is 0.726 e. The maximum absolute atomic E-state index is 8.63. The summed E-state index contributed by atoms with van der Waals surface area (Å²) in [7, 11) is -4.92. The number of hydrogen-bond acceptors (Lipinski definition) is 4. The Balaban J connectivity index is 0. The Hall–Kier alpha value is -0.353. The Labute approximate surface area is 114 Å². The molecule has 0 saturated carbocycles. The molecule has 3 N–H and O–H groups in total. The summed E-state index contributed by atoms with van der Waals surface area (Å²) in [5.41, 5.74) is 8.23. The third-order valence-corrected chi connectivity index (χ3v) is 1.84. The van der Waals surface area contributed by atoms with Crippen molar-refractivity contribution in [2.45, 2.75) is 26.3 Å². The summed E-state index contributed by atoms with van der Waals surface area (Å²) >= 11 is 0. The van der Waals surface area contributed by atoms with Gasteiger partial charge in [-0.15, -0.1) is 0 Å². The molecule has 0 atom stereocenters. The van der Waals surface area contributed by atoms with E-state index in [2.05, 4.69) is 19.1 Å². The quantitative estimate of drug-likeness (QED) is 0.349. The van der Waals surface area contributed by atoms with E-state index in [9.17, 15) is 0 Å². The summed E-state index contributed by atoms with van der Waals surface area (Å²) < 4.78 is 32.8. The van der Waals surface area contributed by atoms with Crippen LogP contribution in [0.25, 0.3) is 0 Å². The Morgan fingerprint density at radius 2 is 1.65 bits per heavy atom. The zero-order valence-electron chi connectivity index (χ0n) is 10.5. The first kappa shape index (κ1) is 19.0. The van der Waals surface area contributed by atoms with Gasteiger partial charge in [0.2, 0.25) is 10.4 Å². The molecule has 0 aromatic heterocycles. The molecule has 0 spiro atoms. The van der Waals surface area contributed by atoms with Gasteiger partial charge in [-0.2, -0.15) is 0 Å². The molecule has 0 unspecified atom stereocenters. The molecule has 17 heavy (non-hydrogen) atoms. The van der Waals surface area contributed by atoms with Crippen molar-refractivity contribution >= 4 is 10.4 Å². The number of aryl methyl sites for hydroxylation is 1. The molecule has 0 amide bonds. The van der Waals surface area contributed by atoms with Crippen molar-refractivity contribution in [1.29, 1.82) is 0 Å². The summed E-state index contributed by atoms with van der Waals surface area (Å²) in [5.74, 6) is 0. The topological polar surface area (TPSA) is 103 Å². The number of nitrogens with two attached hydrogens (primary N) is 1. The summed E-state index contributed by atoms with van der Waals surface area (Å²) in [5, 5.41) is 0. The van der Waals surface area contributed by atoms with Crippen LogP contribution in [0, 0.1) is 6.92 Å². The number of rotatable bonds is 1. The van der Waals surface area contributed by atoms with Crippen molar-refractivity contribution in [3.8, 4) is 0 Å². The summed E-state index contributed by atoms with van der Waals surface area (Å²) in [6.07, 6.45) is 0. The molecule has 0 radical (unpaired) electrons. The van der Waals surface area contributed by atoms with Crippen molar-refractivity contribution < 1.29 is 36.4 Å². The Morgan fingerprint density at radius 3 is 1.88 bits per heavy atom. The number of hydrogen-bond donors (Lipinski definition) is 2. The molecule has 0 aliphatic heterocycles. The molecule has 0 bridgehead atoms. The third-order valence-electron chi connectivity index (χ3n) is 1.84. The predicted octanol–water partition coefficient (Wildman–Crippen LogP) is -1.80. The Bertz CT molecular complexity index is 432. The van der Waals surface area contributed by atoms with E-state index < -0.39 is 10.4 Å². The van der Waals surface area contributed by atoms with Gasteiger partial charge in [0.1, 0.15) is 0 Å². The van der Waals surface area contributed by atoms with E-state index >= 15 is 0 Å². The molecule has 0 aliphatic carbocycles. The normalized spacial score (nSPS) is 10.9. The molecule has 1 rings (SSSR count).